The van der Waals surface area contributed by atoms with Crippen LogP contribution in [0.3, 0.4) is 0 Å². The molecule has 76 valence electrons. The molecule has 1 aliphatic heterocycles. The summed E-state index contributed by atoms with van der Waals surface area (Å²) in [6.07, 6.45) is 3.05. The van der Waals surface area contributed by atoms with Crippen molar-refractivity contribution in [2.24, 2.45) is 0 Å². The Morgan fingerprint density at radius 2 is 1.93 bits per heavy atom. The van der Waals surface area contributed by atoms with E-state index >= 15 is 0 Å². The predicted octanol–water partition coefficient (Wildman–Crippen LogP) is 2.13. The highest BCUT2D eigenvalue weighted by atomic mass is 35.5. The van der Waals surface area contributed by atoms with E-state index in [0.29, 0.717) is 15.8 Å². The number of hydrogen-bond acceptors (Lipinski definition) is 3. The van der Waals surface area contributed by atoms with Gasteiger partial charge in [-0.25, -0.2) is 0 Å². The molecule has 5 heteroatoms. The van der Waals surface area contributed by atoms with Crippen LogP contribution < -0.4 is 10.1 Å². The van der Waals surface area contributed by atoms with Crippen molar-refractivity contribution in [3.05, 3.63) is 22.4 Å². The smallest absolute Gasteiger partial charge is 0.160 e. The highest BCUT2D eigenvalue weighted by Gasteiger charge is 2.35. The Kier molecular flexibility index (Phi) is 2.56. The maximum absolute atomic E-state index is 5.92. The molecule has 0 aromatic carbocycles. The van der Waals surface area contributed by atoms with E-state index in [1.165, 1.54) is 12.4 Å². The van der Waals surface area contributed by atoms with Gasteiger partial charge in [-0.1, -0.05) is 23.2 Å². The second-order valence-corrected chi connectivity index (χ2v) is 4.40. The Hall–Kier alpha value is -0.510. The topological polar surface area (TPSA) is 34.1 Å². The van der Waals surface area contributed by atoms with Crippen molar-refractivity contribution in [2.75, 3.05) is 13.1 Å². The van der Waals surface area contributed by atoms with Crippen LogP contribution >= 0.6 is 23.2 Å². The van der Waals surface area contributed by atoms with Crippen LogP contribution in [-0.4, -0.2) is 23.7 Å². The van der Waals surface area contributed by atoms with E-state index < -0.39 is 0 Å². The molecule has 0 radical (unpaired) electrons. The first kappa shape index (κ1) is 10.0. The van der Waals surface area contributed by atoms with Gasteiger partial charge in [0.25, 0.3) is 0 Å². The Labute approximate surface area is 92.4 Å². The SMILES string of the molecule is CC1(Oc2c(Cl)cncc2Cl)CNC1. The average Bonchev–Trinajstić information content (AvgIpc) is 2.09. The number of pyridine rings is 1. The van der Waals surface area contributed by atoms with Gasteiger partial charge >= 0.3 is 0 Å². The van der Waals surface area contributed by atoms with Crippen LogP contribution in [0.25, 0.3) is 0 Å². The Morgan fingerprint density at radius 1 is 1.36 bits per heavy atom. The van der Waals surface area contributed by atoms with Crippen molar-refractivity contribution in [2.45, 2.75) is 12.5 Å². The standard InChI is InChI=1S/C9H10Cl2N2O/c1-9(4-13-5-9)14-8-6(10)2-12-3-7(8)11/h2-3,13H,4-5H2,1H3. The molecule has 0 bridgehead atoms. The van der Waals surface area contributed by atoms with Crippen LogP contribution in [-0.2, 0) is 0 Å². The summed E-state index contributed by atoms with van der Waals surface area (Å²) in [5, 5.41) is 4.03. The van der Waals surface area contributed by atoms with Gasteiger partial charge in [-0.2, -0.15) is 0 Å². The number of hydrogen-bond donors (Lipinski definition) is 1. The van der Waals surface area contributed by atoms with E-state index in [-0.39, 0.29) is 5.60 Å². The number of halogens is 2. The van der Waals surface area contributed by atoms with Gasteiger partial charge in [0, 0.05) is 25.5 Å². The van der Waals surface area contributed by atoms with Crippen LogP contribution in [0.5, 0.6) is 5.75 Å². The zero-order chi connectivity index (χ0) is 10.2. The maximum atomic E-state index is 5.92. The third kappa shape index (κ3) is 1.80. The molecule has 2 rings (SSSR count). The Morgan fingerprint density at radius 3 is 2.36 bits per heavy atom. The molecule has 1 saturated heterocycles. The van der Waals surface area contributed by atoms with Crippen molar-refractivity contribution >= 4 is 23.2 Å². The fourth-order valence-electron chi connectivity index (χ4n) is 1.29. The van der Waals surface area contributed by atoms with Crippen LogP contribution in [0.1, 0.15) is 6.92 Å². The third-order valence-corrected chi connectivity index (χ3v) is 2.69. The minimum atomic E-state index is -0.200. The van der Waals surface area contributed by atoms with Gasteiger partial charge in [-0.05, 0) is 6.92 Å². The molecule has 1 fully saturated rings. The lowest BCUT2D eigenvalue weighted by molar-refractivity contribution is 0.0350. The lowest BCUT2D eigenvalue weighted by Gasteiger charge is -2.39. The third-order valence-electron chi connectivity index (χ3n) is 2.16. The minimum absolute atomic E-state index is 0.200. The molecule has 0 aliphatic carbocycles. The van der Waals surface area contributed by atoms with Crippen molar-refractivity contribution in [3.63, 3.8) is 0 Å². The summed E-state index contributed by atoms with van der Waals surface area (Å²) in [7, 11) is 0. The second kappa shape index (κ2) is 3.57. The Balaban J connectivity index is 2.23. The molecule has 0 spiro atoms. The highest BCUT2D eigenvalue weighted by Crippen LogP contribution is 2.34. The summed E-state index contributed by atoms with van der Waals surface area (Å²) in [5.41, 5.74) is -0.200. The van der Waals surface area contributed by atoms with Crippen LogP contribution in [0, 0.1) is 0 Å². The van der Waals surface area contributed by atoms with Crippen molar-refractivity contribution in [1.29, 1.82) is 0 Å². The van der Waals surface area contributed by atoms with Gasteiger partial charge in [0.2, 0.25) is 0 Å². The number of rotatable bonds is 2. The van der Waals surface area contributed by atoms with Crippen LogP contribution in [0.2, 0.25) is 10.0 Å². The van der Waals surface area contributed by atoms with Crippen molar-refractivity contribution in [3.8, 4) is 5.75 Å². The number of nitrogens with one attached hydrogen (secondary N) is 1. The zero-order valence-electron chi connectivity index (χ0n) is 7.68. The summed E-state index contributed by atoms with van der Waals surface area (Å²) in [6, 6.07) is 0. The quantitative estimate of drug-likeness (QED) is 0.849. The number of ether oxygens (including phenoxy) is 1. The summed E-state index contributed by atoms with van der Waals surface area (Å²) in [6.45, 7) is 3.63. The first-order chi connectivity index (χ1) is 6.61. The highest BCUT2D eigenvalue weighted by molar-refractivity contribution is 6.36. The largest absolute Gasteiger partial charge is 0.482 e. The van der Waals surface area contributed by atoms with E-state index in [4.69, 9.17) is 27.9 Å². The van der Waals surface area contributed by atoms with E-state index in [0.717, 1.165) is 13.1 Å². The molecular formula is C9H10Cl2N2O. The van der Waals surface area contributed by atoms with Gasteiger partial charge in [0.05, 0.1) is 0 Å². The van der Waals surface area contributed by atoms with Crippen molar-refractivity contribution < 1.29 is 4.74 Å². The summed E-state index contributed by atoms with van der Waals surface area (Å²) < 4.78 is 5.73. The molecule has 1 aromatic heterocycles. The van der Waals surface area contributed by atoms with E-state index in [1.807, 2.05) is 6.92 Å². The normalized spacial score (nSPS) is 18.8. The minimum Gasteiger partial charge on any atom is -0.482 e. The molecule has 1 aliphatic rings. The molecule has 1 aromatic rings. The summed E-state index contributed by atoms with van der Waals surface area (Å²) in [5.74, 6) is 0.521. The number of nitrogens with zero attached hydrogens (tertiary/aromatic N) is 1. The predicted molar refractivity (Wildman–Crippen MR) is 56.2 cm³/mol. The van der Waals surface area contributed by atoms with E-state index in [2.05, 4.69) is 10.3 Å². The Bertz CT molecular complexity index is 332. The molecule has 0 atom stereocenters. The molecular weight excluding hydrogens is 223 g/mol. The lowest BCUT2D eigenvalue weighted by atomic mass is 10.00. The van der Waals surface area contributed by atoms with Gasteiger partial charge in [0.1, 0.15) is 15.6 Å². The average molecular weight is 233 g/mol. The molecule has 14 heavy (non-hydrogen) atoms. The molecule has 0 saturated carbocycles. The lowest BCUT2D eigenvalue weighted by Crippen LogP contribution is -2.61. The van der Waals surface area contributed by atoms with Gasteiger partial charge in [0.15, 0.2) is 5.75 Å². The summed E-state index contributed by atoms with van der Waals surface area (Å²) >= 11 is 11.8. The van der Waals surface area contributed by atoms with Gasteiger partial charge in [-0.15, -0.1) is 0 Å². The maximum Gasteiger partial charge on any atom is 0.160 e. The molecule has 0 unspecified atom stereocenters. The monoisotopic (exact) mass is 232 g/mol. The second-order valence-electron chi connectivity index (χ2n) is 3.59. The fourth-order valence-corrected chi connectivity index (χ4v) is 1.73. The molecule has 2 heterocycles. The van der Waals surface area contributed by atoms with Gasteiger partial charge in [-0.3, -0.25) is 4.98 Å². The molecule has 0 amide bonds. The molecule has 3 nitrogen and oxygen atoms in total. The molecule has 1 N–H and O–H groups in total. The van der Waals surface area contributed by atoms with Crippen LogP contribution in [0.4, 0.5) is 0 Å². The summed E-state index contributed by atoms with van der Waals surface area (Å²) in [4.78, 5) is 3.86. The fraction of sp³-hybridized carbons (Fsp3) is 0.444. The number of aromatic nitrogens is 1. The van der Waals surface area contributed by atoms with Crippen LogP contribution in [0.15, 0.2) is 12.4 Å². The first-order valence-electron chi connectivity index (χ1n) is 4.29. The van der Waals surface area contributed by atoms with E-state index in [1.54, 1.807) is 0 Å². The van der Waals surface area contributed by atoms with Crippen molar-refractivity contribution in [1.82, 2.24) is 10.3 Å². The first-order valence-corrected chi connectivity index (χ1v) is 5.05. The van der Waals surface area contributed by atoms with Gasteiger partial charge < -0.3 is 10.1 Å². The van der Waals surface area contributed by atoms with E-state index in [9.17, 15) is 0 Å². The zero-order valence-corrected chi connectivity index (χ0v) is 9.19.